The summed E-state index contributed by atoms with van der Waals surface area (Å²) in [6.07, 6.45) is 6.82. The molecule has 2 N–H and O–H groups in total. The summed E-state index contributed by atoms with van der Waals surface area (Å²) >= 11 is 18.5. The van der Waals surface area contributed by atoms with Crippen LogP contribution < -0.4 is 15.8 Å². The van der Waals surface area contributed by atoms with Crippen LogP contribution in [0.25, 0.3) is 0 Å². The maximum atomic E-state index is 13.3. The fourth-order valence-electron chi connectivity index (χ4n) is 3.56. The van der Waals surface area contributed by atoms with Gasteiger partial charge in [-0.2, -0.15) is 0 Å². The molecule has 11 heteroatoms. The molecular weight excluding hydrogens is 513 g/mol. The highest BCUT2D eigenvalue weighted by molar-refractivity contribution is 6.74. The topological polar surface area (TPSA) is 79.4 Å². The Morgan fingerprint density at radius 1 is 1.12 bits per heavy atom. The molecule has 3 rings (SSSR count). The second-order valence-corrected chi connectivity index (χ2v) is 16.1. The molecule has 1 aromatic heterocycles. The highest BCUT2D eigenvalue weighted by Crippen LogP contribution is 2.39. The van der Waals surface area contributed by atoms with Gasteiger partial charge in [0.25, 0.3) is 0 Å². The fourth-order valence-corrected chi connectivity index (χ4v) is 5.89. The number of amides is 2. The number of hydrazine groups is 1. The van der Waals surface area contributed by atoms with Gasteiger partial charge >= 0.3 is 6.03 Å². The number of rotatable bonds is 6. The number of aromatic nitrogens is 2. The van der Waals surface area contributed by atoms with Gasteiger partial charge in [-0.15, -0.1) is 0 Å². The van der Waals surface area contributed by atoms with Crippen LogP contribution in [0.3, 0.4) is 0 Å². The Bertz CT molecular complexity index is 973. The largest absolute Gasteiger partial charge is 0.414 e. The van der Waals surface area contributed by atoms with Crippen LogP contribution in [0.1, 0.15) is 46.5 Å². The number of carbonyl (C=O) groups excluding carboxylic acids is 1. The van der Waals surface area contributed by atoms with Crippen molar-refractivity contribution in [3.8, 4) is 0 Å². The van der Waals surface area contributed by atoms with Crippen LogP contribution in [-0.2, 0) is 4.43 Å². The highest BCUT2D eigenvalue weighted by Gasteiger charge is 2.40. The standard InChI is InChI=1S/C23H32Cl3N5O2Si/c1-23(2,3)34(4,5)33-17-8-6-16(7-9-17)30-31(20-10-11-27-14-28-20)22(32)29-21-18(25)12-15(24)13-19(21)26/h10-14,16-17,30H,6-9H2,1-5H3,(H,29,32). The minimum Gasteiger partial charge on any atom is -0.414 e. The first-order valence-electron chi connectivity index (χ1n) is 11.3. The van der Waals surface area contributed by atoms with E-state index in [4.69, 9.17) is 39.2 Å². The third-order valence-corrected chi connectivity index (χ3v) is 11.8. The molecule has 1 fully saturated rings. The first-order valence-corrected chi connectivity index (χ1v) is 15.4. The van der Waals surface area contributed by atoms with Crippen molar-refractivity contribution in [3.05, 3.63) is 45.8 Å². The van der Waals surface area contributed by atoms with Crippen LogP contribution >= 0.6 is 34.8 Å². The van der Waals surface area contributed by atoms with Crippen LogP contribution in [0.15, 0.2) is 30.7 Å². The molecule has 1 heterocycles. The number of halogens is 3. The van der Waals surface area contributed by atoms with E-state index in [1.165, 1.54) is 23.5 Å². The molecule has 0 saturated heterocycles. The molecule has 2 aromatic rings. The normalized spacial score (nSPS) is 19.1. The number of hydrogen-bond acceptors (Lipinski definition) is 5. The van der Waals surface area contributed by atoms with E-state index < -0.39 is 14.3 Å². The predicted molar refractivity (Wildman–Crippen MR) is 142 cm³/mol. The van der Waals surface area contributed by atoms with E-state index in [9.17, 15) is 4.79 Å². The Labute approximate surface area is 217 Å². The molecule has 0 aliphatic heterocycles. The van der Waals surface area contributed by atoms with E-state index >= 15 is 0 Å². The molecule has 1 aliphatic rings. The number of benzene rings is 1. The Morgan fingerprint density at radius 2 is 1.74 bits per heavy atom. The highest BCUT2D eigenvalue weighted by atomic mass is 35.5. The number of urea groups is 1. The molecule has 186 valence electrons. The Balaban J connectivity index is 1.70. The minimum absolute atomic E-state index is 0.0798. The lowest BCUT2D eigenvalue weighted by Gasteiger charge is -2.41. The van der Waals surface area contributed by atoms with Crippen molar-refractivity contribution in [2.75, 3.05) is 10.3 Å². The lowest BCUT2D eigenvalue weighted by molar-refractivity contribution is 0.124. The minimum atomic E-state index is -1.82. The molecule has 0 radical (unpaired) electrons. The molecule has 0 spiro atoms. The maximum Gasteiger partial charge on any atom is 0.342 e. The second kappa shape index (κ2) is 11.1. The zero-order chi connectivity index (χ0) is 25.1. The van der Waals surface area contributed by atoms with Gasteiger partial charge in [0.05, 0.1) is 15.7 Å². The van der Waals surface area contributed by atoms with Crippen LogP contribution in [0.2, 0.25) is 33.2 Å². The summed E-state index contributed by atoms with van der Waals surface area (Å²) in [7, 11) is -1.82. The zero-order valence-electron chi connectivity index (χ0n) is 20.2. The molecular formula is C23H32Cl3N5O2Si. The van der Waals surface area contributed by atoms with Gasteiger partial charge in [-0.25, -0.2) is 25.2 Å². The average molecular weight is 545 g/mol. The second-order valence-electron chi connectivity index (χ2n) is 10.1. The van der Waals surface area contributed by atoms with Gasteiger partial charge in [0, 0.05) is 29.4 Å². The van der Waals surface area contributed by atoms with Crippen LogP contribution in [0, 0.1) is 0 Å². The Morgan fingerprint density at radius 3 is 2.26 bits per heavy atom. The van der Waals surface area contributed by atoms with Crippen LogP contribution in [0.4, 0.5) is 16.3 Å². The Kier molecular flexibility index (Phi) is 8.87. The number of hydrogen-bond donors (Lipinski definition) is 2. The Hall–Kier alpha value is -1.42. The molecule has 0 bridgehead atoms. The summed E-state index contributed by atoms with van der Waals surface area (Å²) in [5.74, 6) is 0.411. The third-order valence-electron chi connectivity index (χ3n) is 6.49. The molecule has 0 unspecified atom stereocenters. The van der Waals surface area contributed by atoms with E-state index in [0.29, 0.717) is 10.8 Å². The summed E-state index contributed by atoms with van der Waals surface area (Å²) in [6.45, 7) is 11.3. The van der Waals surface area contributed by atoms with Crippen molar-refractivity contribution in [2.24, 2.45) is 0 Å². The van der Waals surface area contributed by atoms with Gasteiger partial charge < -0.3 is 9.74 Å². The summed E-state index contributed by atoms with van der Waals surface area (Å²) < 4.78 is 6.60. The lowest BCUT2D eigenvalue weighted by atomic mass is 9.94. The summed E-state index contributed by atoms with van der Waals surface area (Å²) in [5, 5.41) is 5.20. The molecule has 1 aliphatic carbocycles. The van der Waals surface area contributed by atoms with Gasteiger partial charge in [0.2, 0.25) is 0 Å². The molecule has 34 heavy (non-hydrogen) atoms. The molecule has 0 atom stereocenters. The van der Waals surface area contributed by atoms with Crippen LogP contribution in [-0.4, -0.2) is 36.5 Å². The van der Waals surface area contributed by atoms with Crippen molar-refractivity contribution in [2.45, 2.75) is 76.7 Å². The fraction of sp³-hybridized carbons (Fsp3) is 0.522. The number of nitrogens with one attached hydrogen (secondary N) is 2. The monoisotopic (exact) mass is 543 g/mol. The third kappa shape index (κ3) is 6.83. The summed E-state index contributed by atoms with van der Waals surface area (Å²) in [5.41, 5.74) is 3.61. The van der Waals surface area contributed by atoms with Gasteiger partial charge in [-0.05, 0) is 55.9 Å². The van der Waals surface area contributed by atoms with Gasteiger partial charge in [-0.1, -0.05) is 55.6 Å². The quantitative estimate of drug-likeness (QED) is 0.294. The van der Waals surface area contributed by atoms with Crippen molar-refractivity contribution in [1.82, 2.24) is 15.4 Å². The summed E-state index contributed by atoms with van der Waals surface area (Å²) in [4.78, 5) is 21.5. The number of carbonyl (C=O) groups is 1. The molecule has 1 aromatic carbocycles. The molecule has 7 nitrogen and oxygen atoms in total. The van der Waals surface area contributed by atoms with E-state index in [1.54, 1.807) is 12.3 Å². The molecule has 2 amide bonds. The van der Waals surface area contributed by atoms with E-state index in [1.807, 2.05) is 0 Å². The summed E-state index contributed by atoms with van der Waals surface area (Å²) in [6, 6.07) is 4.32. The van der Waals surface area contributed by atoms with Crippen molar-refractivity contribution in [1.29, 1.82) is 0 Å². The zero-order valence-corrected chi connectivity index (χ0v) is 23.4. The predicted octanol–water partition coefficient (Wildman–Crippen LogP) is 7.31. The van der Waals surface area contributed by atoms with Gasteiger partial charge in [0.15, 0.2) is 14.1 Å². The maximum absolute atomic E-state index is 13.3. The van der Waals surface area contributed by atoms with E-state index in [0.717, 1.165) is 25.7 Å². The average Bonchev–Trinajstić information content (AvgIpc) is 2.75. The van der Waals surface area contributed by atoms with E-state index in [-0.39, 0.29) is 32.9 Å². The van der Waals surface area contributed by atoms with Crippen molar-refractivity contribution >= 4 is 60.7 Å². The first-order chi connectivity index (χ1) is 15.9. The van der Waals surface area contributed by atoms with Crippen molar-refractivity contribution < 1.29 is 9.22 Å². The van der Waals surface area contributed by atoms with Gasteiger partial charge in [-0.3, -0.25) is 0 Å². The number of anilines is 2. The van der Waals surface area contributed by atoms with Crippen LogP contribution in [0.5, 0.6) is 0 Å². The molecule has 1 saturated carbocycles. The van der Waals surface area contributed by atoms with Crippen molar-refractivity contribution in [3.63, 3.8) is 0 Å². The van der Waals surface area contributed by atoms with E-state index in [2.05, 4.69) is 54.6 Å². The van der Waals surface area contributed by atoms with Gasteiger partial charge in [0.1, 0.15) is 6.33 Å². The lowest BCUT2D eigenvalue weighted by Crippen LogP contribution is -2.53. The SMILES string of the molecule is CC(C)(C)[Si](C)(C)OC1CCC(NN(C(=O)Nc2c(Cl)cc(Cl)cc2Cl)c2ccncn2)CC1. The number of nitrogens with zero attached hydrogens (tertiary/aromatic N) is 3. The smallest absolute Gasteiger partial charge is 0.342 e. The first kappa shape index (κ1) is 27.2.